The zero-order chi connectivity index (χ0) is 9.56. The molecule has 1 rings (SSSR count). The summed E-state index contributed by atoms with van der Waals surface area (Å²) in [5.74, 6) is 0.766. The highest BCUT2D eigenvalue weighted by atomic mass is 32.2. The summed E-state index contributed by atoms with van der Waals surface area (Å²) in [6, 6.07) is 0. The molecule has 0 spiro atoms. The minimum atomic E-state index is 0.766. The monoisotopic (exact) mass is 187 g/mol. The van der Waals surface area contributed by atoms with Crippen molar-refractivity contribution in [1.29, 1.82) is 0 Å². The summed E-state index contributed by atoms with van der Waals surface area (Å²) in [6.45, 7) is 11.8. The molecule has 0 aromatic rings. The van der Waals surface area contributed by atoms with Crippen LogP contribution >= 0.6 is 11.9 Å². The first-order valence-corrected chi connectivity index (χ1v) is 5.66. The SMILES string of the molecule is CC.CCC(C)C1=C(C)SNC1. The van der Waals surface area contributed by atoms with E-state index < -0.39 is 0 Å². The van der Waals surface area contributed by atoms with Gasteiger partial charge in [0, 0.05) is 6.54 Å². The number of hydrogen-bond acceptors (Lipinski definition) is 2. The molecule has 0 saturated heterocycles. The maximum Gasteiger partial charge on any atom is 0.0286 e. The third-order valence-electron chi connectivity index (χ3n) is 2.15. The Labute approximate surface area is 81.1 Å². The molecule has 0 amide bonds. The molecule has 0 aromatic heterocycles. The average molecular weight is 187 g/mol. The molecule has 0 aromatic carbocycles. The lowest BCUT2D eigenvalue weighted by molar-refractivity contribution is 0.639. The first kappa shape index (κ1) is 12.0. The van der Waals surface area contributed by atoms with Gasteiger partial charge in [-0.25, -0.2) is 0 Å². The standard InChI is InChI=1S/C8H15NS.C2H6/c1-4-6(2)8-5-9-10-7(8)3;1-2/h6,9H,4-5H2,1-3H3;1-2H3. The van der Waals surface area contributed by atoms with Gasteiger partial charge in [0.05, 0.1) is 0 Å². The first-order valence-electron chi connectivity index (χ1n) is 4.85. The van der Waals surface area contributed by atoms with Crippen molar-refractivity contribution in [3.05, 3.63) is 10.5 Å². The largest absolute Gasteiger partial charge is 0.256 e. The Kier molecular flexibility index (Phi) is 6.58. The van der Waals surface area contributed by atoms with Gasteiger partial charge in [-0.15, -0.1) is 0 Å². The van der Waals surface area contributed by atoms with Crippen molar-refractivity contribution in [3.8, 4) is 0 Å². The number of allylic oxidation sites excluding steroid dienone is 1. The van der Waals surface area contributed by atoms with E-state index in [1.54, 1.807) is 17.5 Å². The van der Waals surface area contributed by atoms with E-state index in [2.05, 4.69) is 25.5 Å². The molecule has 1 heterocycles. The highest BCUT2D eigenvalue weighted by Crippen LogP contribution is 2.28. The summed E-state index contributed by atoms with van der Waals surface area (Å²) in [6.07, 6.45) is 1.26. The van der Waals surface area contributed by atoms with Gasteiger partial charge in [-0.05, 0) is 41.7 Å². The van der Waals surface area contributed by atoms with Crippen LogP contribution in [-0.4, -0.2) is 6.54 Å². The van der Waals surface area contributed by atoms with Gasteiger partial charge < -0.3 is 0 Å². The molecule has 72 valence electrons. The molecule has 12 heavy (non-hydrogen) atoms. The van der Waals surface area contributed by atoms with E-state index in [1.165, 1.54) is 11.3 Å². The van der Waals surface area contributed by atoms with E-state index >= 15 is 0 Å². The van der Waals surface area contributed by atoms with E-state index in [-0.39, 0.29) is 0 Å². The smallest absolute Gasteiger partial charge is 0.0286 e. The highest BCUT2D eigenvalue weighted by molar-refractivity contribution is 8.01. The van der Waals surface area contributed by atoms with E-state index in [4.69, 9.17) is 0 Å². The fourth-order valence-electron chi connectivity index (χ4n) is 1.18. The van der Waals surface area contributed by atoms with Gasteiger partial charge in [0.15, 0.2) is 0 Å². The molecule has 1 nitrogen and oxygen atoms in total. The van der Waals surface area contributed by atoms with Crippen LogP contribution in [0.5, 0.6) is 0 Å². The molecule has 1 N–H and O–H groups in total. The normalized spacial score (nSPS) is 18.8. The van der Waals surface area contributed by atoms with Gasteiger partial charge >= 0.3 is 0 Å². The van der Waals surface area contributed by atoms with E-state index in [0.717, 1.165) is 12.5 Å². The van der Waals surface area contributed by atoms with Gasteiger partial charge in [-0.3, -0.25) is 4.72 Å². The van der Waals surface area contributed by atoms with Crippen molar-refractivity contribution in [2.75, 3.05) is 6.54 Å². The van der Waals surface area contributed by atoms with Crippen molar-refractivity contribution < 1.29 is 0 Å². The van der Waals surface area contributed by atoms with Crippen LogP contribution in [-0.2, 0) is 0 Å². The Morgan fingerprint density at radius 2 is 2.08 bits per heavy atom. The molecule has 1 aliphatic heterocycles. The summed E-state index contributed by atoms with van der Waals surface area (Å²) in [5.41, 5.74) is 1.60. The molecule has 0 bridgehead atoms. The predicted molar refractivity (Wildman–Crippen MR) is 59.1 cm³/mol. The Morgan fingerprint density at radius 3 is 2.42 bits per heavy atom. The van der Waals surface area contributed by atoms with Gasteiger partial charge in [-0.1, -0.05) is 27.7 Å². The predicted octanol–water partition coefficient (Wildman–Crippen LogP) is 3.58. The van der Waals surface area contributed by atoms with Crippen LogP contribution in [0.1, 0.15) is 41.0 Å². The summed E-state index contributed by atoms with van der Waals surface area (Å²) in [4.78, 5) is 1.48. The summed E-state index contributed by atoms with van der Waals surface area (Å²) < 4.78 is 3.28. The fourth-order valence-corrected chi connectivity index (χ4v) is 2.03. The van der Waals surface area contributed by atoms with Crippen LogP contribution in [0.4, 0.5) is 0 Å². The van der Waals surface area contributed by atoms with Gasteiger partial charge in [0.25, 0.3) is 0 Å². The van der Waals surface area contributed by atoms with Crippen molar-refractivity contribution in [2.45, 2.75) is 41.0 Å². The maximum atomic E-state index is 3.28. The second kappa shape index (κ2) is 6.55. The van der Waals surface area contributed by atoms with Crippen LogP contribution in [0.25, 0.3) is 0 Å². The molecule has 0 aliphatic carbocycles. The zero-order valence-electron chi connectivity index (χ0n) is 8.90. The number of hydrogen-bond donors (Lipinski definition) is 1. The second-order valence-corrected chi connectivity index (χ2v) is 3.92. The summed E-state index contributed by atoms with van der Waals surface area (Å²) >= 11 is 1.78. The van der Waals surface area contributed by atoms with Crippen molar-refractivity contribution >= 4 is 11.9 Å². The van der Waals surface area contributed by atoms with Crippen LogP contribution in [0.3, 0.4) is 0 Å². The zero-order valence-corrected chi connectivity index (χ0v) is 9.72. The molecule has 0 saturated carbocycles. The van der Waals surface area contributed by atoms with Crippen molar-refractivity contribution in [2.24, 2.45) is 5.92 Å². The van der Waals surface area contributed by atoms with Crippen molar-refractivity contribution in [3.63, 3.8) is 0 Å². The molecule has 2 heteroatoms. The topological polar surface area (TPSA) is 12.0 Å². The average Bonchev–Trinajstić information content (AvgIpc) is 2.54. The maximum absolute atomic E-state index is 3.28. The molecule has 0 fully saturated rings. The molecule has 0 radical (unpaired) electrons. The van der Waals surface area contributed by atoms with Crippen molar-refractivity contribution in [1.82, 2.24) is 4.72 Å². The van der Waals surface area contributed by atoms with Crippen LogP contribution in [0.2, 0.25) is 0 Å². The molecular formula is C10H21NS. The molecule has 1 aliphatic rings. The summed E-state index contributed by atoms with van der Waals surface area (Å²) in [5, 5.41) is 0. The number of rotatable bonds is 2. The molecular weight excluding hydrogens is 166 g/mol. The Morgan fingerprint density at radius 1 is 1.50 bits per heavy atom. The van der Waals surface area contributed by atoms with Gasteiger partial charge in [-0.2, -0.15) is 0 Å². The van der Waals surface area contributed by atoms with Crippen LogP contribution < -0.4 is 4.72 Å². The lowest BCUT2D eigenvalue weighted by Gasteiger charge is -2.09. The Bertz CT molecular complexity index is 152. The highest BCUT2D eigenvalue weighted by Gasteiger charge is 2.15. The Balaban J connectivity index is 0.000000561. The molecule has 1 atom stereocenters. The minimum absolute atomic E-state index is 0.766. The third-order valence-corrected chi connectivity index (χ3v) is 3.00. The van der Waals surface area contributed by atoms with Crippen LogP contribution in [0, 0.1) is 5.92 Å². The lowest BCUT2D eigenvalue weighted by Crippen LogP contribution is -2.06. The second-order valence-electron chi connectivity index (χ2n) is 2.81. The number of nitrogens with one attached hydrogen (secondary N) is 1. The van der Waals surface area contributed by atoms with E-state index in [9.17, 15) is 0 Å². The van der Waals surface area contributed by atoms with Gasteiger partial charge in [0.2, 0.25) is 0 Å². The quantitative estimate of drug-likeness (QED) is 0.663. The van der Waals surface area contributed by atoms with E-state index in [0.29, 0.717) is 0 Å². The fraction of sp³-hybridized carbons (Fsp3) is 0.800. The summed E-state index contributed by atoms with van der Waals surface area (Å²) in [7, 11) is 0. The van der Waals surface area contributed by atoms with Crippen LogP contribution in [0.15, 0.2) is 10.5 Å². The van der Waals surface area contributed by atoms with Gasteiger partial charge in [0.1, 0.15) is 0 Å². The third kappa shape index (κ3) is 3.20. The molecule has 1 unspecified atom stereocenters. The Hall–Kier alpha value is 0.0500. The lowest BCUT2D eigenvalue weighted by atomic mass is 9.98. The minimum Gasteiger partial charge on any atom is -0.256 e. The van der Waals surface area contributed by atoms with E-state index in [1.807, 2.05) is 13.8 Å². The first-order chi connectivity index (χ1) is 5.75.